The second kappa shape index (κ2) is 4.03. The van der Waals surface area contributed by atoms with Crippen LogP contribution in [0.2, 0.25) is 0 Å². The summed E-state index contributed by atoms with van der Waals surface area (Å²) >= 11 is 0. The zero-order valence-electron chi connectivity index (χ0n) is 9.90. The Morgan fingerprint density at radius 1 is 1.27 bits per heavy atom. The van der Waals surface area contributed by atoms with Crippen LogP contribution in [0.4, 0.5) is 4.79 Å². The molecule has 0 aliphatic carbocycles. The Hall–Kier alpha value is -0.730. The van der Waals surface area contributed by atoms with E-state index in [1.807, 2.05) is 4.90 Å². The number of fused-ring (bicyclic) bond motifs is 2. The van der Waals surface area contributed by atoms with E-state index in [9.17, 15) is 4.79 Å². The second-order valence-corrected chi connectivity index (χ2v) is 5.24. The average Bonchev–Trinajstić information content (AvgIpc) is 2.47. The lowest BCUT2D eigenvalue weighted by Crippen LogP contribution is -2.47. The minimum absolute atomic E-state index is 0.121. The monoisotopic (exact) mass is 211 g/mol. The molecule has 2 saturated heterocycles. The summed E-state index contributed by atoms with van der Waals surface area (Å²) in [4.78, 5) is 13.6. The molecule has 86 valence electrons. The summed E-state index contributed by atoms with van der Waals surface area (Å²) < 4.78 is 4.85. The van der Waals surface area contributed by atoms with Crippen molar-refractivity contribution in [2.75, 3.05) is 7.11 Å². The third kappa shape index (κ3) is 1.84. The second-order valence-electron chi connectivity index (χ2n) is 5.24. The molecule has 2 aliphatic heterocycles. The van der Waals surface area contributed by atoms with E-state index in [1.165, 1.54) is 32.8 Å². The van der Waals surface area contributed by atoms with E-state index in [0.717, 1.165) is 11.8 Å². The molecule has 2 unspecified atom stereocenters. The third-order valence-corrected chi connectivity index (χ3v) is 4.10. The first-order valence-corrected chi connectivity index (χ1v) is 5.99. The maximum atomic E-state index is 11.6. The molecule has 1 amide bonds. The van der Waals surface area contributed by atoms with Crippen LogP contribution in [-0.2, 0) is 4.74 Å². The summed E-state index contributed by atoms with van der Waals surface area (Å²) in [6, 6.07) is 0.896. The van der Waals surface area contributed by atoms with Gasteiger partial charge in [-0.15, -0.1) is 0 Å². The Labute approximate surface area is 91.8 Å². The first-order chi connectivity index (χ1) is 7.13. The molecule has 2 rings (SSSR count). The summed E-state index contributed by atoms with van der Waals surface area (Å²) in [6.07, 6.45) is 4.56. The van der Waals surface area contributed by atoms with Crippen LogP contribution in [0.3, 0.4) is 0 Å². The number of carbonyl (C=O) groups is 1. The van der Waals surface area contributed by atoms with Gasteiger partial charge in [0.2, 0.25) is 0 Å². The van der Waals surface area contributed by atoms with Crippen molar-refractivity contribution in [2.45, 2.75) is 51.6 Å². The Balaban J connectivity index is 2.06. The number of piperidine rings is 1. The Kier molecular flexibility index (Phi) is 2.89. The molecule has 0 N–H and O–H groups in total. The molecule has 0 radical (unpaired) electrons. The molecule has 2 fully saturated rings. The highest BCUT2D eigenvalue weighted by Gasteiger charge is 2.44. The van der Waals surface area contributed by atoms with Crippen molar-refractivity contribution in [3.05, 3.63) is 0 Å². The topological polar surface area (TPSA) is 29.5 Å². The van der Waals surface area contributed by atoms with Gasteiger partial charge in [0, 0.05) is 12.1 Å². The molecule has 2 heterocycles. The van der Waals surface area contributed by atoms with Crippen LogP contribution in [0.5, 0.6) is 0 Å². The van der Waals surface area contributed by atoms with E-state index in [-0.39, 0.29) is 6.09 Å². The normalized spacial score (nSPS) is 34.7. The highest BCUT2D eigenvalue weighted by Crippen LogP contribution is 2.41. The predicted molar refractivity (Wildman–Crippen MR) is 58.6 cm³/mol. The number of methoxy groups -OCH3 is 1. The number of hydrogen-bond donors (Lipinski definition) is 0. The summed E-state index contributed by atoms with van der Waals surface area (Å²) in [5.74, 6) is 1.54. The standard InChI is InChI=1S/C12H21NO2/c1-8(2)9-6-10-4-5-11(7-9)13(10)12(14)15-3/h8-11H,4-7H2,1-3H3. The number of rotatable bonds is 1. The lowest BCUT2D eigenvalue weighted by atomic mass is 9.83. The van der Waals surface area contributed by atoms with Crippen LogP contribution in [0.1, 0.15) is 39.5 Å². The zero-order valence-corrected chi connectivity index (χ0v) is 9.90. The van der Waals surface area contributed by atoms with Crippen LogP contribution in [0.25, 0.3) is 0 Å². The first-order valence-electron chi connectivity index (χ1n) is 5.99. The highest BCUT2D eigenvalue weighted by atomic mass is 16.5. The van der Waals surface area contributed by atoms with Gasteiger partial charge in [0.15, 0.2) is 0 Å². The molecule has 0 aromatic carbocycles. The van der Waals surface area contributed by atoms with E-state index in [2.05, 4.69) is 13.8 Å². The summed E-state index contributed by atoms with van der Waals surface area (Å²) in [5.41, 5.74) is 0. The summed E-state index contributed by atoms with van der Waals surface area (Å²) in [5, 5.41) is 0. The summed E-state index contributed by atoms with van der Waals surface area (Å²) in [6.45, 7) is 4.58. The molecule has 2 atom stereocenters. The van der Waals surface area contributed by atoms with Gasteiger partial charge in [-0.1, -0.05) is 13.8 Å². The van der Waals surface area contributed by atoms with Crippen LogP contribution in [0, 0.1) is 11.8 Å². The van der Waals surface area contributed by atoms with Crippen LogP contribution in [0.15, 0.2) is 0 Å². The molecule has 0 saturated carbocycles. The number of amides is 1. The fourth-order valence-corrected chi connectivity index (χ4v) is 3.17. The largest absolute Gasteiger partial charge is 0.453 e. The van der Waals surface area contributed by atoms with Crippen LogP contribution >= 0.6 is 0 Å². The summed E-state index contributed by atoms with van der Waals surface area (Å²) in [7, 11) is 1.48. The smallest absolute Gasteiger partial charge is 0.409 e. The van der Waals surface area contributed by atoms with E-state index in [1.54, 1.807) is 0 Å². The lowest BCUT2D eigenvalue weighted by molar-refractivity contribution is 0.0623. The van der Waals surface area contributed by atoms with E-state index < -0.39 is 0 Å². The molecule has 3 heteroatoms. The van der Waals surface area contributed by atoms with Crippen molar-refractivity contribution in [3.63, 3.8) is 0 Å². The van der Waals surface area contributed by atoms with Gasteiger partial charge >= 0.3 is 6.09 Å². The molecule has 15 heavy (non-hydrogen) atoms. The molecule has 3 nitrogen and oxygen atoms in total. The van der Waals surface area contributed by atoms with Crippen molar-refractivity contribution in [1.29, 1.82) is 0 Å². The molecular formula is C12H21NO2. The SMILES string of the molecule is COC(=O)N1C2CCC1CC(C(C)C)C2. The lowest BCUT2D eigenvalue weighted by Gasteiger charge is -2.39. The molecule has 2 aliphatic rings. The van der Waals surface area contributed by atoms with Crippen molar-refractivity contribution in [2.24, 2.45) is 11.8 Å². The molecule has 0 spiro atoms. The van der Waals surface area contributed by atoms with Crippen molar-refractivity contribution >= 4 is 6.09 Å². The van der Waals surface area contributed by atoms with Gasteiger partial charge in [-0.2, -0.15) is 0 Å². The number of hydrogen-bond acceptors (Lipinski definition) is 2. The molecule has 0 aromatic heterocycles. The predicted octanol–water partition coefficient (Wildman–Crippen LogP) is 2.65. The minimum atomic E-state index is -0.121. The van der Waals surface area contributed by atoms with Gasteiger partial charge in [0.05, 0.1) is 7.11 Å². The maximum Gasteiger partial charge on any atom is 0.409 e. The van der Waals surface area contributed by atoms with Crippen LogP contribution in [-0.4, -0.2) is 30.2 Å². The zero-order chi connectivity index (χ0) is 11.0. The van der Waals surface area contributed by atoms with Gasteiger partial charge in [0.25, 0.3) is 0 Å². The fraction of sp³-hybridized carbons (Fsp3) is 0.917. The molecule has 0 aromatic rings. The number of nitrogens with zero attached hydrogens (tertiary/aromatic N) is 1. The maximum absolute atomic E-state index is 11.6. The minimum Gasteiger partial charge on any atom is -0.453 e. The van der Waals surface area contributed by atoms with Gasteiger partial charge in [-0.25, -0.2) is 4.79 Å². The third-order valence-electron chi connectivity index (χ3n) is 4.10. The van der Waals surface area contributed by atoms with Gasteiger partial charge < -0.3 is 9.64 Å². The van der Waals surface area contributed by atoms with Crippen molar-refractivity contribution in [3.8, 4) is 0 Å². The van der Waals surface area contributed by atoms with E-state index in [4.69, 9.17) is 4.74 Å². The van der Waals surface area contributed by atoms with Crippen molar-refractivity contribution in [1.82, 2.24) is 4.90 Å². The highest BCUT2D eigenvalue weighted by molar-refractivity contribution is 5.69. The first kappa shape index (κ1) is 10.8. The van der Waals surface area contributed by atoms with Gasteiger partial charge in [-0.3, -0.25) is 0 Å². The molecule has 2 bridgehead atoms. The van der Waals surface area contributed by atoms with Crippen molar-refractivity contribution < 1.29 is 9.53 Å². The van der Waals surface area contributed by atoms with Crippen LogP contribution < -0.4 is 0 Å². The van der Waals surface area contributed by atoms with Gasteiger partial charge in [0.1, 0.15) is 0 Å². The Morgan fingerprint density at radius 2 is 1.80 bits per heavy atom. The number of ether oxygens (including phenoxy) is 1. The Morgan fingerprint density at radius 3 is 2.20 bits per heavy atom. The van der Waals surface area contributed by atoms with E-state index >= 15 is 0 Å². The fourth-order valence-electron chi connectivity index (χ4n) is 3.17. The van der Waals surface area contributed by atoms with Gasteiger partial charge in [-0.05, 0) is 37.5 Å². The van der Waals surface area contributed by atoms with E-state index in [0.29, 0.717) is 12.1 Å². The average molecular weight is 211 g/mol. The number of carbonyl (C=O) groups excluding carboxylic acids is 1. The quantitative estimate of drug-likeness (QED) is 0.667. The molecular weight excluding hydrogens is 190 g/mol. The Bertz CT molecular complexity index is 238.